The van der Waals surface area contributed by atoms with Crippen molar-refractivity contribution in [2.45, 2.75) is 19.4 Å². The third kappa shape index (κ3) is 1.75. The molecule has 1 aliphatic heterocycles. The summed E-state index contributed by atoms with van der Waals surface area (Å²) >= 11 is 4.15. The molecule has 1 amide bonds. The third-order valence-electron chi connectivity index (χ3n) is 2.41. The molecular weight excluding hydrogens is 172 g/mol. The largest absolute Gasteiger partial charge is 0.342 e. The Bertz CT molecular complexity index is 174. The van der Waals surface area contributed by atoms with Gasteiger partial charge in [0.15, 0.2) is 0 Å². The van der Waals surface area contributed by atoms with Crippen LogP contribution in [0.15, 0.2) is 0 Å². The lowest BCUT2D eigenvalue weighted by Crippen LogP contribution is -2.38. The van der Waals surface area contributed by atoms with E-state index >= 15 is 0 Å². The maximum absolute atomic E-state index is 11.6. The predicted molar refractivity (Wildman–Crippen MR) is 52.3 cm³/mol. The summed E-state index contributed by atoms with van der Waals surface area (Å²) in [7, 11) is 1.94. The van der Waals surface area contributed by atoms with E-state index in [0.29, 0.717) is 5.88 Å². The molecule has 1 aliphatic rings. The van der Waals surface area contributed by atoms with E-state index in [0.717, 1.165) is 19.5 Å². The highest BCUT2D eigenvalue weighted by atomic mass is 32.1. The molecule has 0 aromatic heterocycles. The van der Waals surface area contributed by atoms with Crippen molar-refractivity contribution < 1.29 is 4.79 Å². The normalized spacial score (nSPS) is 24.2. The molecule has 0 bridgehead atoms. The van der Waals surface area contributed by atoms with Gasteiger partial charge in [-0.05, 0) is 20.4 Å². The Kier molecular flexibility index (Phi) is 3.40. The fourth-order valence-corrected chi connectivity index (χ4v) is 1.74. The molecule has 70 valence electrons. The van der Waals surface area contributed by atoms with Crippen molar-refractivity contribution in [2.75, 3.05) is 26.0 Å². The lowest BCUT2D eigenvalue weighted by molar-refractivity contribution is -0.131. The summed E-state index contributed by atoms with van der Waals surface area (Å²) in [6.07, 6.45) is 0.948. The second-order valence-corrected chi connectivity index (χ2v) is 3.40. The van der Waals surface area contributed by atoms with Crippen molar-refractivity contribution in [1.82, 2.24) is 9.80 Å². The molecule has 0 spiro atoms. The van der Waals surface area contributed by atoms with Gasteiger partial charge in [-0.25, -0.2) is 0 Å². The summed E-state index contributed by atoms with van der Waals surface area (Å²) in [4.78, 5) is 15.5. The maximum Gasteiger partial charge on any atom is 0.240 e. The Labute approximate surface area is 79.1 Å². The minimum absolute atomic E-state index is 0.0717. The van der Waals surface area contributed by atoms with Crippen LogP contribution in [-0.4, -0.2) is 47.8 Å². The molecule has 1 heterocycles. The SMILES string of the molecule is CCN1CCC(N(C)CS)C1=O. The molecule has 1 rings (SSSR count). The Morgan fingerprint density at radius 3 is 2.83 bits per heavy atom. The van der Waals surface area contributed by atoms with E-state index in [4.69, 9.17) is 0 Å². The van der Waals surface area contributed by atoms with Gasteiger partial charge in [-0.2, -0.15) is 12.6 Å². The molecular formula is C8H16N2OS. The lowest BCUT2D eigenvalue weighted by atomic mass is 10.2. The topological polar surface area (TPSA) is 23.6 Å². The molecule has 12 heavy (non-hydrogen) atoms. The van der Waals surface area contributed by atoms with E-state index in [1.807, 2.05) is 23.8 Å². The quantitative estimate of drug-likeness (QED) is 0.513. The Morgan fingerprint density at radius 2 is 2.42 bits per heavy atom. The van der Waals surface area contributed by atoms with E-state index < -0.39 is 0 Å². The first kappa shape index (κ1) is 9.86. The minimum atomic E-state index is 0.0717. The molecule has 1 unspecified atom stereocenters. The maximum atomic E-state index is 11.6. The van der Waals surface area contributed by atoms with Crippen LogP contribution in [0.5, 0.6) is 0 Å². The summed E-state index contributed by atoms with van der Waals surface area (Å²) in [6, 6.07) is 0.0717. The van der Waals surface area contributed by atoms with Crippen LogP contribution < -0.4 is 0 Å². The van der Waals surface area contributed by atoms with E-state index in [1.165, 1.54) is 0 Å². The number of hydrogen-bond donors (Lipinski definition) is 1. The molecule has 1 fully saturated rings. The van der Waals surface area contributed by atoms with Crippen LogP contribution in [0, 0.1) is 0 Å². The smallest absolute Gasteiger partial charge is 0.240 e. The minimum Gasteiger partial charge on any atom is -0.342 e. The Balaban J connectivity index is 2.54. The number of rotatable bonds is 3. The van der Waals surface area contributed by atoms with E-state index in [2.05, 4.69) is 12.6 Å². The first-order valence-corrected chi connectivity index (χ1v) is 4.93. The zero-order valence-electron chi connectivity index (χ0n) is 7.66. The first-order valence-electron chi connectivity index (χ1n) is 4.30. The van der Waals surface area contributed by atoms with Crippen LogP contribution in [0.3, 0.4) is 0 Å². The highest BCUT2D eigenvalue weighted by Crippen LogP contribution is 2.15. The fourth-order valence-electron chi connectivity index (χ4n) is 1.54. The van der Waals surface area contributed by atoms with Gasteiger partial charge in [0, 0.05) is 19.0 Å². The summed E-state index contributed by atoms with van der Waals surface area (Å²) in [5.41, 5.74) is 0. The van der Waals surface area contributed by atoms with Gasteiger partial charge in [0.25, 0.3) is 0 Å². The Hall–Kier alpha value is -0.220. The Morgan fingerprint density at radius 1 is 1.75 bits per heavy atom. The molecule has 0 radical (unpaired) electrons. The van der Waals surface area contributed by atoms with Crippen molar-refractivity contribution in [3.63, 3.8) is 0 Å². The van der Waals surface area contributed by atoms with Gasteiger partial charge >= 0.3 is 0 Å². The van der Waals surface area contributed by atoms with E-state index in [9.17, 15) is 4.79 Å². The number of thiol groups is 1. The molecule has 1 atom stereocenters. The number of likely N-dealkylation sites (N-methyl/N-ethyl adjacent to an activating group) is 2. The predicted octanol–water partition coefficient (Wildman–Crippen LogP) is 0.426. The molecule has 0 aliphatic carbocycles. The van der Waals surface area contributed by atoms with Gasteiger partial charge < -0.3 is 4.90 Å². The molecule has 0 aromatic carbocycles. The molecule has 0 aromatic rings. The average molecular weight is 188 g/mol. The van der Waals surface area contributed by atoms with Crippen molar-refractivity contribution in [3.8, 4) is 0 Å². The zero-order chi connectivity index (χ0) is 9.14. The summed E-state index contributed by atoms with van der Waals surface area (Å²) in [6.45, 7) is 3.74. The van der Waals surface area contributed by atoms with Crippen molar-refractivity contribution in [2.24, 2.45) is 0 Å². The average Bonchev–Trinajstić information content (AvgIpc) is 2.45. The molecule has 3 nitrogen and oxygen atoms in total. The van der Waals surface area contributed by atoms with Crippen LogP contribution in [0.2, 0.25) is 0 Å². The second kappa shape index (κ2) is 4.14. The number of carbonyl (C=O) groups excluding carboxylic acids is 1. The van der Waals surface area contributed by atoms with Crippen molar-refractivity contribution >= 4 is 18.5 Å². The molecule has 4 heteroatoms. The van der Waals surface area contributed by atoms with Crippen LogP contribution in [0.25, 0.3) is 0 Å². The van der Waals surface area contributed by atoms with Gasteiger partial charge in [-0.3, -0.25) is 9.69 Å². The summed E-state index contributed by atoms with van der Waals surface area (Å²) in [5, 5.41) is 0. The number of likely N-dealkylation sites (tertiary alicyclic amines) is 1. The lowest BCUT2D eigenvalue weighted by Gasteiger charge is -2.20. The molecule has 0 saturated carbocycles. The van der Waals surface area contributed by atoms with Crippen LogP contribution in [0.1, 0.15) is 13.3 Å². The van der Waals surface area contributed by atoms with Gasteiger partial charge in [0.1, 0.15) is 0 Å². The van der Waals surface area contributed by atoms with Crippen LogP contribution >= 0.6 is 12.6 Å². The van der Waals surface area contributed by atoms with E-state index in [1.54, 1.807) is 0 Å². The second-order valence-electron chi connectivity index (χ2n) is 3.12. The van der Waals surface area contributed by atoms with Gasteiger partial charge in [0.2, 0.25) is 5.91 Å². The standard InChI is InChI=1S/C8H16N2OS/c1-3-10-5-4-7(8(10)11)9(2)6-12/h7,12H,3-6H2,1-2H3. The summed E-state index contributed by atoms with van der Waals surface area (Å²) < 4.78 is 0. The highest BCUT2D eigenvalue weighted by Gasteiger charge is 2.32. The monoisotopic (exact) mass is 188 g/mol. The summed E-state index contributed by atoms with van der Waals surface area (Å²) in [5.74, 6) is 0.905. The van der Waals surface area contributed by atoms with E-state index in [-0.39, 0.29) is 11.9 Å². The third-order valence-corrected chi connectivity index (χ3v) is 2.85. The van der Waals surface area contributed by atoms with Crippen LogP contribution in [0.4, 0.5) is 0 Å². The number of amides is 1. The van der Waals surface area contributed by atoms with Crippen molar-refractivity contribution in [1.29, 1.82) is 0 Å². The first-order chi connectivity index (χ1) is 5.70. The fraction of sp³-hybridized carbons (Fsp3) is 0.875. The van der Waals surface area contributed by atoms with Gasteiger partial charge in [-0.1, -0.05) is 0 Å². The van der Waals surface area contributed by atoms with Gasteiger partial charge in [0.05, 0.1) is 6.04 Å². The number of hydrogen-bond acceptors (Lipinski definition) is 3. The van der Waals surface area contributed by atoms with Gasteiger partial charge in [-0.15, -0.1) is 0 Å². The van der Waals surface area contributed by atoms with Crippen molar-refractivity contribution in [3.05, 3.63) is 0 Å². The molecule has 0 N–H and O–H groups in total. The molecule has 1 saturated heterocycles. The number of carbonyl (C=O) groups is 1. The zero-order valence-corrected chi connectivity index (χ0v) is 8.55. The number of nitrogens with zero attached hydrogens (tertiary/aromatic N) is 2. The highest BCUT2D eigenvalue weighted by molar-refractivity contribution is 7.80. The van der Waals surface area contributed by atoms with Crippen LogP contribution in [-0.2, 0) is 4.79 Å².